The van der Waals surface area contributed by atoms with E-state index >= 15 is 0 Å². The Balaban J connectivity index is 1.80. The average Bonchev–Trinajstić information content (AvgIpc) is 3.51. The van der Waals surface area contributed by atoms with Crippen LogP contribution in [0.4, 0.5) is 0 Å². The minimum absolute atomic E-state index is 0.0684. The van der Waals surface area contributed by atoms with Crippen molar-refractivity contribution in [2.75, 3.05) is 19.6 Å². The van der Waals surface area contributed by atoms with Crippen LogP contribution < -0.4 is 10.9 Å². The largest absolute Gasteiger partial charge is 0.336 e. The van der Waals surface area contributed by atoms with E-state index in [0.717, 1.165) is 53.0 Å². The minimum atomic E-state index is -0.179. The quantitative estimate of drug-likeness (QED) is 0.215. The van der Waals surface area contributed by atoms with Gasteiger partial charge in [-0.1, -0.05) is 75.2 Å². The molecule has 1 N–H and O–H groups in total. The summed E-state index contributed by atoms with van der Waals surface area (Å²) in [5.41, 5.74) is 7.05. The molecule has 44 heavy (non-hydrogen) atoms. The number of halogens is 1. The van der Waals surface area contributed by atoms with Crippen LogP contribution in [-0.2, 0) is 12.8 Å². The van der Waals surface area contributed by atoms with Crippen molar-refractivity contribution in [2.24, 2.45) is 5.92 Å². The van der Waals surface area contributed by atoms with Crippen LogP contribution in [-0.4, -0.2) is 46.0 Å². The molecular formula is C36H41ClN4O2S. The van der Waals surface area contributed by atoms with Crippen molar-refractivity contribution < 1.29 is 4.79 Å². The molecule has 6 nitrogen and oxygen atoms in total. The fourth-order valence-corrected chi connectivity index (χ4v) is 6.79. The maximum atomic E-state index is 14.7. The predicted octanol–water partition coefficient (Wildman–Crippen LogP) is 7.90. The second-order valence-electron chi connectivity index (χ2n) is 12.0. The van der Waals surface area contributed by atoms with Gasteiger partial charge in [-0.15, -0.1) is 11.3 Å². The van der Waals surface area contributed by atoms with Crippen LogP contribution in [0.2, 0.25) is 5.02 Å². The molecular weight excluding hydrogens is 588 g/mol. The highest BCUT2D eigenvalue weighted by molar-refractivity contribution is 7.13. The molecule has 1 aliphatic rings. The number of rotatable bonds is 8. The number of pyridine rings is 1. The van der Waals surface area contributed by atoms with E-state index in [1.54, 1.807) is 10.6 Å². The van der Waals surface area contributed by atoms with Gasteiger partial charge in [0.1, 0.15) is 5.01 Å². The van der Waals surface area contributed by atoms with Crippen LogP contribution in [0.1, 0.15) is 68.7 Å². The van der Waals surface area contributed by atoms with Gasteiger partial charge in [0.15, 0.2) is 0 Å². The molecule has 1 aliphatic heterocycles. The molecule has 0 spiro atoms. The number of aryl methyl sites for hydroxylation is 2. The fraction of sp³-hybridized carbons (Fsp3) is 0.361. The summed E-state index contributed by atoms with van der Waals surface area (Å²) in [6.45, 7) is 14.5. The number of carbonyl (C=O) groups is 1. The highest BCUT2D eigenvalue weighted by Gasteiger charge is 2.30. The lowest BCUT2D eigenvalue weighted by Crippen LogP contribution is -2.54. The van der Waals surface area contributed by atoms with Crippen molar-refractivity contribution in [3.63, 3.8) is 0 Å². The number of thiazole rings is 1. The number of para-hydroxylation sites is 1. The Hall–Kier alpha value is -3.52. The summed E-state index contributed by atoms with van der Waals surface area (Å²) < 4.78 is 1.79. The summed E-state index contributed by atoms with van der Waals surface area (Å²) in [5.74, 6) is 0.318. The van der Waals surface area contributed by atoms with E-state index < -0.39 is 0 Å². The third-order valence-corrected chi connectivity index (χ3v) is 9.38. The molecule has 0 bridgehead atoms. The monoisotopic (exact) mass is 628 g/mol. The second kappa shape index (κ2) is 13.6. The maximum Gasteiger partial charge on any atom is 0.265 e. The van der Waals surface area contributed by atoms with E-state index in [-0.39, 0.29) is 17.5 Å². The van der Waals surface area contributed by atoms with Crippen molar-refractivity contribution in [1.82, 2.24) is 19.8 Å². The molecule has 0 radical (unpaired) electrons. The topological polar surface area (TPSA) is 67.2 Å². The van der Waals surface area contributed by atoms with Crippen LogP contribution in [0, 0.1) is 5.92 Å². The number of nitrogens with zero attached hydrogens (tertiary/aromatic N) is 3. The molecule has 3 heterocycles. The van der Waals surface area contributed by atoms with E-state index in [1.165, 1.54) is 11.3 Å². The standard InChI is InChI=1S/C36H41ClN4O2S/c1-7-24-10-9-11-25(8-2)33(24)41-32(18-22(3)4)28(35(42)40-17-16-38-30(20-40)23(5)6)19-29(36(41)43)34-39-31(21-44-34)26-12-14-27(37)15-13-26/h9-15,18-19,21,23,30,38H,7-8,16-17,20H2,1-6H3. The number of allylic oxidation sites excluding steroid dienone is 1. The number of benzene rings is 2. The van der Waals surface area contributed by atoms with Gasteiger partial charge in [0, 0.05) is 41.6 Å². The molecule has 2 aromatic heterocycles. The molecule has 0 aliphatic carbocycles. The van der Waals surface area contributed by atoms with Gasteiger partial charge in [-0.2, -0.15) is 0 Å². The molecule has 8 heteroatoms. The van der Waals surface area contributed by atoms with Crippen molar-refractivity contribution in [2.45, 2.75) is 60.4 Å². The minimum Gasteiger partial charge on any atom is -0.336 e. The molecule has 0 saturated carbocycles. The van der Waals surface area contributed by atoms with Crippen molar-refractivity contribution >= 4 is 34.9 Å². The van der Waals surface area contributed by atoms with Gasteiger partial charge in [-0.25, -0.2) is 4.98 Å². The van der Waals surface area contributed by atoms with Crippen LogP contribution in [0.25, 0.3) is 33.6 Å². The number of piperazine rings is 1. The maximum absolute atomic E-state index is 14.7. The van der Waals surface area contributed by atoms with Crippen molar-refractivity contribution in [3.8, 4) is 27.5 Å². The Morgan fingerprint density at radius 1 is 1.11 bits per heavy atom. The second-order valence-corrected chi connectivity index (χ2v) is 13.2. The first-order valence-electron chi connectivity index (χ1n) is 15.4. The third-order valence-electron chi connectivity index (χ3n) is 8.26. The summed E-state index contributed by atoms with van der Waals surface area (Å²) in [7, 11) is 0. The molecule has 4 aromatic rings. The Labute approximate surface area is 269 Å². The Morgan fingerprint density at radius 2 is 1.80 bits per heavy atom. The van der Waals surface area contributed by atoms with Gasteiger partial charge in [0.05, 0.1) is 28.2 Å². The van der Waals surface area contributed by atoms with Crippen LogP contribution in [0.5, 0.6) is 0 Å². The van der Waals surface area contributed by atoms with Gasteiger partial charge in [0.2, 0.25) is 0 Å². The SMILES string of the molecule is CCc1cccc(CC)c1-n1c(C=C(C)C)c(C(=O)N2CCNC(C(C)C)C2)cc(-c2nc(-c3ccc(Cl)cc3)cs2)c1=O. The summed E-state index contributed by atoms with van der Waals surface area (Å²) in [5, 5.41) is 6.75. The van der Waals surface area contributed by atoms with Crippen LogP contribution >= 0.6 is 22.9 Å². The number of amides is 1. The zero-order valence-electron chi connectivity index (χ0n) is 26.4. The molecule has 1 unspecified atom stereocenters. The summed E-state index contributed by atoms with van der Waals surface area (Å²) >= 11 is 7.54. The number of hydrogen-bond donors (Lipinski definition) is 1. The zero-order valence-corrected chi connectivity index (χ0v) is 28.0. The first-order valence-corrected chi connectivity index (χ1v) is 16.7. The molecule has 1 fully saturated rings. The van der Waals surface area contributed by atoms with E-state index in [4.69, 9.17) is 16.6 Å². The van der Waals surface area contributed by atoms with E-state index in [1.807, 2.05) is 54.5 Å². The lowest BCUT2D eigenvalue weighted by molar-refractivity contribution is 0.0683. The number of aromatic nitrogens is 2. The van der Waals surface area contributed by atoms with Gasteiger partial charge < -0.3 is 10.2 Å². The van der Waals surface area contributed by atoms with Crippen molar-refractivity contribution in [1.29, 1.82) is 0 Å². The average molecular weight is 629 g/mol. The third kappa shape index (κ3) is 6.46. The van der Waals surface area contributed by atoms with Gasteiger partial charge in [-0.3, -0.25) is 14.2 Å². The van der Waals surface area contributed by atoms with E-state index in [9.17, 15) is 9.59 Å². The Bertz CT molecular complexity index is 1730. The highest BCUT2D eigenvalue weighted by Crippen LogP contribution is 2.32. The predicted molar refractivity (Wildman–Crippen MR) is 184 cm³/mol. The zero-order chi connectivity index (χ0) is 31.5. The summed E-state index contributed by atoms with van der Waals surface area (Å²) in [4.78, 5) is 36.1. The lowest BCUT2D eigenvalue weighted by atomic mass is 9.98. The first-order chi connectivity index (χ1) is 21.1. The van der Waals surface area contributed by atoms with Gasteiger partial charge in [0.25, 0.3) is 11.5 Å². The first kappa shape index (κ1) is 31.9. The number of nitrogens with one attached hydrogen (secondary N) is 1. The van der Waals surface area contributed by atoms with Crippen LogP contribution in [0.3, 0.4) is 0 Å². The molecule has 1 saturated heterocycles. The van der Waals surface area contributed by atoms with E-state index in [2.05, 4.69) is 51.2 Å². The molecule has 1 amide bonds. The van der Waals surface area contributed by atoms with Crippen molar-refractivity contribution in [3.05, 3.63) is 97.2 Å². The molecule has 1 atom stereocenters. The molecule has 2 aromatic carbocycles. The summed E-state index contributed by atoms with van der Waals surface area (Å²) in [6, 6.07) is 15.7. The van der Waals surface area contributed by atoms with Gasteiger partial charge >= 0.3 is 0 Å². The van der Waals surface area contributed by atoms with E-state index in [0.29, 0.717) is 45.9 Å². The lowest BCUT2D eigenvalue weighted by Gasteiger charge is -2.36. The summed E-state index contributed by atoms with van der Waals surface area (Å²) in [6.07, 6.45) is 3.49. The van der Waals surface area contributed by atoms with Crippen LogP contribution in [0.15, 0.2) is 64.3 Å². The molecule has 5 rings (SSSR count). The normalized spacial score (nSPS) is 15.1. The Kier molecular flexibility index (Phi) is 9.88. The smallest absolute Gasteiger partial charge is 0.265 e. The highest BCUT2D eigenvalue weighted by atomic mass is 35.5. The number of hydrogen-bond acceptors (Lipinski definition) is 5. The Morgan fingerprint density at radius 3 is 2.41 bits per heavy atom. The fourth-order valence-electron chi connectivity index (χ4n) is 5.83. The van der Waals surface area contributed by atoms with Gasteiger partial charge in [-0.05, 0) is 68.0 Å². The number of carbonyl (C=O) groups excluding carboxylic acids is 1. The molecule has 230 valence electrons.